The van der Waals surface area contributed by atoms with Gasteiger partial charge in [0.15, 0.2) is 0 Å². The molecule has 4 nitrogen and oxygen atoms in total. The molecule has 0 saturated heterocycles. The van der Waals surface area contributed by atoms with Crippen LogP contribution in [0.5, 0.6) is 0 Å². The molecular weight excluding hydrogens is 245 g/mol. The van der Waals surface area contributed by atoms with Gasteiger partial charge < -0.3 is 5.73 Å². The van der Waals surface area contributed by atoms with Crippen LogP contribution in [0.15, 0.2) is 41.5 Å². The van der Waals surface area contributed by atoms with Crippen LogP contribution in [0, 0.1) is 5.82 Å². The molecule has 1 atom stereocenters. The molecule has 0 radical (unpaired) electrons. The third kappa shape index (κ3) is 3.12. The number of benzene rings is 1. The maximum Gasteiger partial charge on any atom is 0.328 e. The zero-order valence-corrected chi connectivity index (χ0v) is 10.9. The van der Waals surface area contributed by atoms with Crippen molar-refractivity contribution in [3.05, 3.63) is 58.5 Å². The van der Waals surface area contributed by atoms with Crippen molar-refractivity contribution < 1.29 is 4.39 Å². The Hall–Kier alpha value is -1.88. The standard InChI is InChI=1S/C14H18FN3O/c1-2-6-17-7-8-18(14(17)19)10-13(16)11-4-3-5-12(15)9-11/h3-5,7-9,13H,2,6,10,16H2,1H3. The first-order valence-corrected chi connectivity index (χ1v) is 6.38. The Labute approximate surface area is 111 Å². The number of aryl methyl sites for hydroxylation is 1. The van der Waals surface area contributed by atoms with E-state index in [9.17, 15) is 9.18 Å². The van der Waals surface area contributed by atoms with E-state index in [0.29, 0.717) is 18.7 Å². The van der Waals surface area contributed by atoms with Crippen LogP contribution in [-0.2, 0) is 13.1 Å². The maximum atomic E-state index is 13.1. The van der Waals surface area contributed by atoms with E-state index in [1.807, 2.05) is 6.92 Å². The van der Waals surface area contributed by atoms with Gasteiger partial charge >= 0.3 is 5.69 Å². The molecule has 0 aliphatic rings. The SMILES string of the molecule is CCCn1ccn(CC(N)c2cccc(F)c2)c1=O. The minimum absolute atomic E-state index is 0.0753. The largest absolute Gasteiger partial charge is 0.328 e. The molecule has 0 aliphatic carbocycles. The Balaban J connectivity index is 2.15. The van der Waals surface area contributed by atoms with Crippen molar-refractivity contribution in [3.63, 3.8) is 0 Å². The van der Waals surface area contributed by atoms with Crippen LogP contribution in [0.3, 0.4) is 0 Å². The van der Waals surface area contributed by atoms with E-state index >= 15 is 0 Å². The van der Waals surface area contributed by atoms with Gasteiger partial charge in [-0.05, 0) is 24.1 Å². The molecule has 0 aliphatic heterocycles. The van der Waals surface area contributed by atoms with Crippen molar-refractivity contribution in [2.75, 3.05) is 0 Å². The third-order valence-corrected chi connectivity index (χ3v) is 3.05. The Bertz CT molecular complexity index is 603. The van der Waals surface area contributed by atoms with Crippen LogP contribution in [0.4, 0.5) is 4.39 Å². The van der Waals surface area contributed by atoms with Gasteiger partial charge in [0.1, 0.15) is 5.82 Å². The van der Waals surface area contributed by atoms with Gasteiger partial charge in [0.2, 0.25) is 0 Å². The molecule has 0 bridgehead atoms. The molecule has 5 heteroatoms. The molecule has 1 heterocycles. The summed E-state index contributed by atoms with van der Waals surface area (Å²) in [6, 6.07) is 5.77. The van der Waals surface area contributed by atoms with Gasteiger partial charge in [-0.2, -0.15) is 0 Å². The summed E-state index contributed by atoms with van der Waals surface area (Å²) in [5.74, 6) is -0.316. The quantitative estimate of drug-likeness (QED) is 0.895. The molecule has 1 unspecified atom stereocenters. The summed E-state index contributed by atoms with van der Waals surface area (Å²) in [7, 11) is 0. The first kappa shape index (κ1) is 13.5. The molecule has 0 amide bonds. The summed E-state index contributed by atoms with van der Waals surface area (Å²) >= 11 is 0. The second-order valence-corrected chi connectivity index (χ2v) is 4.59. The van der Waals surface area contributed by atoms with Crippen molar-refractivity contribution in [2.24, 2.45) is 5.73 Å². The van der Waals surface area contributed by atoms with Crippen molar-refractivity contribution in [1.82, 2.24) is 9.13 Å². The Kier molecular flexibility index (Phi) is 4.16. The molecule has 1 aromatic heterocycles. The zero-order valence-electron chi connectivity index (χ0n) is 10.9. The summed E-state index contributed by atoms with van der Waals surface area (Å²) in [5, 5.41) is 0. The molecule has 2 N–H and O–H groups in total. The minimum Gasteiger partial charge on any atom is -0.322 e. The fourth-order valence-electron chi connectivity index (χ4n) is 2.06. The fraction of sp³-hybridized carbons (Fsp3) is 0.357. The van der Waals surface area contributed by atoms with Crippen LogP contribution in [0.25, 0.3) is 0 Å². The summed E-state index contributed by atoms with van der Waals surface area (Å²) in [4.78, 5) is 12.0. The topological polar surface area (TPSA) is 52.9 Å². The summed E-state index contributed by atoms with van der Waals surface area (Å²) in [6.07, 6.45) is 4.38. The number of halogens is 1. The molecule has 0 fully saturated rings. The zero-order chi connectivity index (χ0) is 13.8. The third-order valence-electron chi connectivity index (χ3n) is 3.05. The van der Waals surface area contributed by atoms with E-state index in [1.54, 1.807) is 33.7 Å². The smallest absolute Gasteiger partial charge is 0.322 e. The first-order chi connectivity index (χ1) is 9.11. The average molecular weight is 263 g/mol. The molecule has 0 spiro atoms. The number of nitrogens with two attached hydrogens (primary N) is 1. The van der Waals surface area contributed by atoms with E-state index in [4.69, 9.17) is 5.73 Å². The number of hydrogen-bond acceptors (Lipinski definition) is 2. The Morgan fingerprint density at radius 1 is 1.32 bits per heavy atom. The van der Waals surface area contributed by atoms with Crippen LogP contribution in [0.1, 0.15) is 24.9 Å². The number of rotatable bonds is 5. The van der Waals surface area contributed by atoms with E-state index in [0.717, 1.165) is 6.42 Å². The van der Waals surface area contributed by atoms with Gasteiger partial charge in [-0.25, -0.2) is 9.18 Å². The lowest BCUT2D eigenvalue weighted by atomic mass is 10.1. The molecule has 102 valence electrons. The Morgan fingerprint density at radius 3 is 2.74 bits per heavy atom. The number of aromatic nitrogens is 2. The predicted octanol–water partition coefficient (Wildman–Crippen LogP) is 1.90. The number of hydrogen-bond donors (Lipinski definition) is 1. The lowest BCUT2D eigenvalue weighted by molar-refractivity contribution is 0.537. The minimum atomic E-state index is -0.397. The summed E-state index contributed by atoms with van der Waals surface area (Å²) in [5.41, 5.74) is 6.63. The van der Waals surface area contributed by atoms with Crippen LogP contribution < -0.4 is 11.4 Å². The second kappa shape index (κ2) is 5.84. The van der Waals surface area contributed by atoms with E-state index in [1.165, 1.54) is 12.1 Å². The molecule has 0 saturated carbocycles. The van der Waals surface area contributed by atoms with Crippen LogP contribution >= 0.6 is 0 Å². The van der Waals surface area contributed by atoms with Crippen molar-refractivity contribution >= 4 is 0 Å². The second-order valence-electron chi connectivity index (χ2n) is 4.59. The lowest BCUT2D eigenvalue weighted by Gasteiger charge is -2.12. The fourth-order valence-corrected chi connectivity index (χ4v) is 2.06. The molecule has 1 aromatic carbocycles. The average Bonchev–Trinajstić information content (AvgIpc) is 2.72. The van der Waals surface area contributed by atoms with Gasteiger partial charge in [0.05, 0.1) is 0 Å². The summed E-state index contributed by atoms with van der Waals surface area (Å²) < 4.78 is 16.3. The highest BCUT2D eigenvalue weighted by molar-refractivity contribution is 5.19. The lowest BCUT2D eigenvalue weighted by Crippen LogP contribution is -2.28. The van der Waals surface area contributed by atoms with E-state index in [-0.39, 0.29) is 11.5 Å². The highest BCUT2D eigenvalue weighted by Gasteiger charge is 2.10. The summed E-state index contributed by atoms with van der Waals surface area (Å²) in [6.45, 7) is 3.06. The molecular formula is C14H18FN3O. The highest BCUT2D eigenvalue weighted by atomic mass is 19.1. The highest BCUT2D eigenvalue weighted by Crippen LogP contribution is 2.13. The maximum absolute atomic E-state index is 13.1. The van der Waals surface area contributed by atoms with E-state index < -0.39 is 6.04 Å². The van der Waals surface area contributed by atoms with Crippen molar-refractivity contribution in [2.45, 2.75) is 32.5 Å². The number of nitrogens with zero attached hydrogens (tertiary/aromatic N) is 2. The van der Waals surface area contributed by atoms with Crippen molar-refractivity contribution in [1.29, 1.82) is 0 Å². The van der Waals surface area contributed by atoms with Gasteiger partial charge in [-0.15, -0.1) is 0 Å². The molecule has 2 aromatic rings. The van der Waals surface area contributed by atoms with E-state index in [2.05, 4.69) is 0 Å². The van der Waals surface area contributed by atoms with Gasteiger partial charge in [0, 0.05) is 31.5 Å². The van der Waals surface area contributed by atoms with Gasteiger partial charge in [-0.3, -0.25) is 9.13 Å². The van der Waals surface area contributed by atoms with Gasteiger partial charge in [-0.1, -0.05) is 19.1 Å². The predicted molar refractivity (Wildman–Crippen MR) is 72.3 cm³/mol. The number of imidazole rings is 1. The first-order valence-electron chi connectivity index (χ1n) is 6.38. The Morgan fingerprint density at radius 2 is 2.05 bits per heavy atom. The molecule has 2 rings (SSSR count). The van der Waals surface area contributed by atoms with Crippen LogP contribution in [0.2, 0.25) is 0 Å². The monoisotopic (exact) mass is 263 g/mol. The van der Waals surface area contributed by atoms with Gasteiger partial charge in [0.25, 0.3) is 0 Å². The van der Waals surface area contributed by atoms with Crippen LogP contribution in [-0.4, -0.2) is 9.13 Å². The van der Waals surface area contributed by atoms with Crippen molar-refractivity contribution in [3.8, 4) is 0 Å². The molecule has 19 heavy (non-hydrogen) atoms. The normalized spacial score (nSPS) is 12.6.